The summed E-state index contributed by atoms with van der Waals surface area (Å²) in [7, 11) is 0. The number of oxazole rings is 1. The zero-order valence-electron chi connectivity index (χ0n) is 11.2. The maximum absolute atomic E-state index is 12.0. The normalized spacial score (nSPS) is 20.8. The lowest BCUT2D eigenvalue weighted by atomic mass is 9.96. The number of piperidine rings is 1. The molecule has 2 heterocycles. The van der Waals surface area contributed by atoms with Crippen LogP contribution in [-0.4, -0.2) is 34.7 Å². The van der Waals surface area contributed by atoms with Crippen molar-refractivity contribution in [2.24, 2.45) is 0 Å². The van der Waals surface area contributed by atoms with Crippen LogP contribution < -0.4 is 0 Å². The van der Waals surface area contributed by atoms with Gasteiger partial charge in [-0.2, -0.15) is 0 Å². The summed E-state index contributed by atoms with van der Waals surface area (Å²) in [5, 5.41) is 0. The van der Waals surface area contributed by atoms with Crippen molar-refractivity contribution in [3.63, 3.8) is 0 Å². The number of amides is 1. The molecule has 1 atom stereocenters. The van der Waals surface area contributed by atoms with E-state index in [9.17, 15) is 4.79 Å². The number of carbonyl (C=O) groups is 1. The summed E-state index contributed by atoms with van der Waals surface area (Å²) in [5.41, 5.74) is -0.448. The van der Waals surface area contributed by atoms with E-state index in [-0.39, 0.29) is 12.0 Å². The van der Waals surface area contributed by atoms with Gasteiger partial charge in [-0.05, 0) is 33.6 Å². The summed E-state index contributed by atoms with van der Waals surface area (Å²) in [6, 6.07) is 0. The van der Waals surface area contributed by atoms with E-state index in [1.54, 1.807) is 11.1 Å². The van der Waals surface area contributed by atoms with Crippen LogP contribution in [0.5, 0.6) is 0 Å². The van der Waals surface area contributed by atoms with Crippen molar-refractivity contribution in [3.8, 4) is 0 Å². The Kier molecular flexibility index (Phi) is 3.59. The number of carbonyl (C=O) groups excluding carboxylic acids is 1. The van der Waals surface area contributed by atoms with E-state index >= 15 is 0 Å². The highest BCUT2D eigenvalue weighted by Gasteiger charge is 2.29. The molecule has 1 saturated heterocycles. The van der Waals surface area contributed by atoms with Crippen LogP contribution in [0, 0.1) is 0 Å². The predicted molar refractivity (Wildman–Crippen MR) is 66.3 cm³/mol. The van der Waals surface area contributed by atoms with Crippen LogP contribution >= 0.6 is 0 Å². The molecule has 0 bridgehead atoms. The Labute approximate surface area is 107 Å². The molecule has 1 aromatic rings. The molecular weight excluding hydrogens is 232 g/mol. The maximum Gasteiger partial charge on any atom is 0.410 e. The molecule has 0 saturated carbocycles. The number of rotatable bonds is 1. The van der Waals surface area contributed by atoms with E-state index in [0.29, 0.717) is 6.54 Å². The zero-order valence-corrected chi connectivity index (χ0v) is 11.2. The number of aromatic nitrogens is 1. The first-order valence-corrected chi connectivity index (χ1v) is 6.32. The minimum atomic E-state index is -0.448. The lowest BCUT2D eigenvalue weighted by molar-refractivity contribution is 0.0192. The molecule has 18 heavy (non-hydrogen) atoms. The van der Waals surface area contributed by atoms with Crippen molar-refractivity contribution >= 4 is 6.09 Å². The fourth-order valence-corrected chi connectivity index (χ4v) is 2.13. The van der Waals surface area contributed by atoms with Crippen molar-refractivity contribution in [1.82, 2.24) is 9.88 Å². The molecule has 0 unspecified atom stereocenters. The Morgan fingerprint density at radius 2 is 2.33 bits per heavy atom. The van der Waals surface area contributed by atoms with Crippen molar-refractivity contribution < 1.29 is 13.9 Å². The van der Waals surface area contributed by atoms with Crippen molar-refractivity contribution in [1.29, 1.82) is 0 Å². The standard InChI is InChI=1S/C13H20N2O3/c1-13(2,3)18-12(16)15-6-4-5-10(8-15)11-7-14-9-17-11/h7,9-10H,4-6,8H2,1-3H3/t10-/m0/s1. The first-order chi connectivity index (χ1) is 8.46. The van der Waals surface area contributed by atoms with E-state index in [2.05, 4.69) is 4.98 Å². The maximum atomic E-state index is 12.0. The van der Waals surface area contributed by atoms with Gasteiger partial charge in [0.05, 0.1) is 6.20 Å². The van der Waals surface area contributed by atoms with Crippen molar-refractivity contribution in [3.05, 3.63) is 18.4 Å². The highest BCUT2D eigenvalue weighted by Crippen LogP contribution is 2.27. The monoisotopic (exact) mass is 252 g/mol. The average Bonchev–Trinajstić information content (AvgIpc) is 2.80. The van der Waals surface area contributed by atoms with E-state index in [1.807, 2.05) is 20.8 Å². The third-order valence-corrected chi connectivity index (χ3v) is 2.93. The highest BCUT2D eigenvalue weighted by atomic mass is 16.6. The van der Waals surface area contributed by atoms with Crippen LogP contribution in [0.3, 0.4) is 0 Å². The van der Waals surface area contributed by atoms with E-state index < -0.39 is 5.60 Å². The molecule has 1 amide bonds. The molecule has 0 radical (unpaired) electrons. The number of likely N-dealkylation sites (tertiary alicyclic amines) is 1. The summed E-state index contributed by atoms with van der Waals surface area (Å²) in [6.07, 6.45) is 4.90. The van der Waals surface area contributed by atoms with E-state index in [0.717, 1.165) is 25.1 Å². The number of ether oxygens (including phenoxy) is 1. The molecule has 2 rings (SSSR count). The molecule has 100 valence electrons. The van der Waals surface area contributed by atoms with E-state index in [1.165, 1.54) is 6.39 Å². The molecule has 1 aliphatic heterocycles. The van der Waals surface area contributed by atoms with Gasteiger partial charge in [-0.3, -0.25) is 0 Å². The number of hydrogen-bond donors (Lipinski definition) is 0. The van der Waals surface area contributed by atoms with Crippen molar-refractivity contribution in [2.75, 3.05) is 13.1 Å². The Morgan fingerprint density at radius 1 is 1.56 bits per heavy atom. The second kappa shape index (κ2) is 5.00. The van der Waals surface area contributed by atoms with Crippen LogP contribution in [0.4, 0.5) is 4.79 Å². The van der Waals surface area contributed by atoms with Gasteiger partial charge in [0, 0.05) is 19.0 Å². The van der Waals surface area contributed by atoms with Gasteiger partial charge in [-0.25, -0.2) is 9.78 Å². The molecule has 5 heteroatoms. The van der Waals surface area contributed by atoms with Gasteiger partial charge >= 0.3 is 6.09 Å². The SMILES string of the molecule is CC(C)(C)OC(=O)N1CCC[C@H](c2cnco2)C1. The number of nitrogens with zero attached hydrogens (tertiary/aromatic N) is 2. The van der Waals surface area contributed by atoms with Crippen LogP contribution in [0.15, 0.2) is 17.0 Å². The lowest BCUT2D eigenvalue weighted by Gasteiger charge is -2.33. The molecule has 5 nitrogen and oxygen atoms in total. The second-order valence-electron chi connectivity index (χ2n) is 5.67. The first-order valence-electron chi connectivity index (χ1n) is 6.32. The predicted octanol–water partition coefficient (Wildman–Crippen LogP) is 2.79. The van der Waals surface area contributed by atoms with Crippen LogP contribution in [-0.2, 0) is 4.74 Å². The average molecular weight is 252 g/mol. The Hall–Kier alpha value is -1.52. The fourth-order valence-electron chi connectivity index (χ4n) is 2.13. The fraction of sp³-hybridized carbons (Fsp3) is 0.692. The first kappa shape index (κ1) is 12.9. The molecule has 1 aliphatic rings. The topological polar surface area (TPSA) is 55.6 Å². The van der Waals surface area contributed by atoms with Crippen LogP contribution in [0.25, 0.3) is 0 Å². The Bertz CT molecular complexity index is 395. The lowest BCUT2D eigenvalue weighted by Crippen LogP contribution is -2.42. The van der Waals surface area contributed by atoms with Gasteiger partial charge in [0.15, 0.2) is 6.39 Å². The van der Waals surface area contributed by atoms with Crippen molar-refractivity contribution in [2.45, 2.75) is 45.1 Å². The third kappa shape index (κ3) is 3.24. The Balaban J connectivity index is 1.96. The third-order valence-electron chi connectivity index (χ3n) is 2.93. The highest BCUT2D eigenvalue weighted by molar-refractivity contribution is 5.68. The Morgan fingerprint density at radius 3 is 2.94 bits per heavy atom. The summed E-state index contributed by atoms with van der Waals surface area (Å²) < 4.78 is 10.7. The van der Waals surface area contributed by atoms with Gasteiger partial charge in [0.2, 0.25) is 0 Å². The van der Waals surface area contributed by atoms with Gasteiger partial charge in [-0.1, -0.05) is 0 Å². The minimum Gasteiger partial charge on any atom is -0.448 e. The quantitative estimate of drug-likeness (QED) is 0.771. The molecule has 1 aromatic heterocycles. The minimum absolute atomic E-state index is 0.230. The molecule has 0 aromatic carbocycles. The summed E-state index contributed by atoms with van der Waals surface area (Å²) in [6.45, 7) is 7.03. The molecule has 1 fully saturated rings. The number of hydrogen-bond acceptors (Lipinski definition) is 4. The molecule has 0 aliphatic carbocycles. The van der Waals surface area contributed by atoms with Crippen LogP contribution in [0.1, 0.15) is 45.3 Å². The van der Waals surface area contributed by atoms with Gasteiger partial charge in [0.1, 0.15) is 11.4 Å². The van der Waals surface area contributed by atoms with Gasteiger partial charge in [-0.15, -0.1) is 0 Å². The molecule has 0 N–H and O–H groups in total. The zero-order chi connectivity index (χ0) is 13.2. The van der Waals surface area contributed by atoms with Crippen LogP contribution in [0.2, 0.25) is 0 Å². The summed E-state index contributed by atoms with van der Waals surface area (Å²) in [4.78, 5) is 17.7. The van der Waals surface area contributed by atoms with E-state index in [4.69, 9.17) is 9.15 Å². The summed E-state index contributed by atoms with van der Waals surface area (Å²) >= 11 is 0. The molecule has 0 spiro atoms. The largest absolute Gasteiger partial charge is 0.448 e. The second-order valence-corrected chi connectivity index (χ2v) is 5.67. The van der Waals surface area contributed by atoms with Gasteiger partial charge in [0.25, 0.3) is 0 Å². The summed E-state index contributed by atoms with van der Waals surface area (Å²) in [5.74, 6) is 1.08. The van der Waals surface area contributed by atoms with Gasteiger partial charge < -0.3 is 14.1 Å². The smallest absolute Gasteiger partial charge is 0.410 e. The molecular formula is C13H20N2O3.